The average molecular weight is 396 g/mol. The molecule has 9 heteroatoms. The molecule has 0 radical (unpaired) electrons. The Morgan fingerprint density at radius 1 is 0.897 bits per heavy atom. The number of ether oxygens (including phenoxy) is 3. The number of hydrogen-bond donors (Lipinski definition) is 1. The summed E-state index contributed by atoms with van der Waals surface area (Å²) in [6.45, 7) is 0. The van der Waals surface area contributed by atoms with Gasteiger partial charge in [0.15, 0.2) is 11.5 Å². The van der Waals surface area contributed by atoms with Crippen molar-refractivity contribution < 1.29 is 33.4 Å². The molecule has 0 fully saturated rings. The number of aromatic amines is 1. The number of amides is 2. The van der Waals surface area contributed by atoms with E-state index in [0.717, 1.165) is 0 Å². The molecule has 0 bridgehead atoms. The van der Waals surface area contributed by atoms with Crippen LogP contribution in [0.2, 0.25) is 0 Å². The lowest BCUT2D eigenvalue weighted by atomic mass is 10.1. The summed E-state index contributed by atoms with van der Waals surface area (Å²) in [6.07, 6.45) is 0. The van der Waals surface area contributed by atoms with E-state index in [0.29, 0.717) is 33.2 Å². The Kier molecular flexibility index (Phi) is 4.34. The highest BCUT2D eigenvalue weighted by atomic mass is 16.7. The Hall–Kier alpha value is -4.01. The molecule has 1 aliphatic heterocycles. The monoisotopic (exact) mass is 396 g/mol. The topological polar surface area (TPSA) is 107 Å². The Labute approximate surface area is 164 Å². The van der Waals surface area contributed by atoms with E-state index in [1.165, 1.54) is 39.5 Å². The molecule has 1 aliphatic rings. The van der Waals surface area contributed by atoms with E-state index in [1.54, 1.807) is 18.2 Å². The van der Waals surface area contributed by atoms with Gasteiger partial charge in [0.1, 0.15) is 11.4 Å². The normalized spacial score (nSPS) is 12.9. The number of carbonyl (C=O) groups excluding carboxylic acids is 3. The highest BCUT2D eigenvalue weighted by molar-refractivity contribution is 6.21. The molecule has 0 unspecified atom stereocenters. The van der Waals surface area contributed by atoms with Gasteiger partial charge in [-0.15, -0.1) is 0 Å². The standard InChI is InChI=1S/C20H16N2O7/c1-26-14-9-15(27-2)17(28-3)16-12(14)8-13(21-16)20(25)29-22-18(23)10-6-4-5-7-11(10)19(22)24/h4-9,21H,1-3H3. The fourth-order valence-electron chi connectivity index (χ4n) is 3.23. The molecule has 2 heterocycles. The quantitative estimate of drug-likeness (QED) is 0.661. The van der Waals surface area contributed by atoms with Crippen molar-refractivity contribution in [3.63, 3.8) is 0 Å². The molecule has 3 aromatic rings. The van der Waals surface area contributed by atoms with Gasteiger partial charge < -0.3 is 24.0 Å². The van der Waals surface area contributed by atoms with Gasteiger partial charge in [0.05, 0.1) is 38.0 Å². The van der Waals surface area contributed by atoms with Crippen LogP contribution in [0.25, 0.3) is 10.9 Å². The number of rotatable bonds is 5. The first kappa shape index (κ1) is 18.4. The summed E-state index contributed by atoms with van der Waals surface area (Å²) >= 11 is 0. The zero-order valence-corrected chi connectivity index (χ0v) is 15.8. The first-order chi connectivity index (χ1) is 14.0. The molecule has 0 spiro atoms. The van der Waals surface area contributed by atoms with Crippen LogP contribution in [0.3, 0.4) is 0 Å². The number of benzene rings is 2. The molecular weight excluding hydrogens is 380 g/mol. The van der Waals surface area contributed by atoms with Crippen molar-refractivity contribution in [3.8, 4) is 17.2 Å². The van der Waals surface area contributed by atoms with Crippen LogP contribution in [0.15, 0.2) is 36.4 Å². The number of H-pyrrole nitrogens is 1. The van der Waals surface area contributed by atoms with Gasteiger partial charge in [-0.3, -0.25) is 9.59 Å². The van der Waals surface area contributed by atoms with Gasteiger partial charge >= 0.3 is 5.97 Å². The van der Waals surface area contributed by atoms with E-state index < -0.39 is 17.8 Å². The van der Waals surface area contributed by atoms with E-state index in [9.17, 15) is 14.4 Å². The molecule has 4 rings (SSSR count). The van der Waals surface area contributed by atoms with Crippen LogP contribution in [0.1, 0.15) is 31.2 Å². The molecule has 2 aromatic carbocycles. The lowest BCUT2D eigenvalue weighted by Gasteiger charge is -2.12. The van der Waals surface area contributed by atoms with Gasteiger partial charge in [0.25, 0.3) is 11.8 Å². The van der Waals surface area contributed by atoms with E-state index in [1.807, 2.05) is 0 Å². The summed E-state index contributed by atoms with van der Waals surface area (Å²) in [5.41, 5.74) is 0.796. The third-order valence-corrected chi connectivity index (χ3v) is 4.59. The van der Waals surface area contributed by atoms with Crippen molar-refractivity contribution in [3.05, 3.63) is 53.2 Å². The molecule has 0 atom stereocenters. The highest BCUT2D eigenvalue weighted by Crippen LogP contribution is 2.41. The zero-order chi connectivity index (χ0) is 20.7. The summed E-state index contributed by atoms with van der Waals surface area (Å²) in [5.74, 6) is -1.12. The van der Waals surface area contributed by atoms with E-state index in [2.05, 4.69) is 4.98 Å². The second-order valence-corrected chi connectivity index (χ2v) is 6.12. The number of hydrogen-bond acceptors (Lipinski definition) is 7. The van der Waals surface area contributed by atoms with Crippen molar-refractivity contribution in [1.29, 1.82) is 0 Å². The van der Waals surface area contributed by atoms with Gasteiger partial charge in [0.2, 0.25) is 0 Å². The zero-order valence-electron chi connectivity index (χ0n) is 15.8. The van der Waals surface area contributed by atoms with E-state index in [4.69, 9.17) is 19.0 Å². The number of imide groups is 1. The minimum Gasteiger partial charge on any atom is -0.496 e. The predicted octanol–water partition coefficient (Wildman–Crippen LogP) is 2.56. The molecule has 148 valence electrons. The second kappa shape index (κ2) is 6.86. The number of nitrogens with one attached hydrogen (secondary N) is 1. The van der Waals surface area contributed by atoms with Gasteiger partial charge in [-0.25, -0.2) is 4.79 Å². The second-order valence-electron chi connectivity index (χ2n) is 6.12. The fourth-order valence-corrected chi connectivity index (χ4v) is 3.23. The molecule has 2 amide bonds. The first-order valence-corrected chi connectivity index (χ1v) is 8.52. The van der Waals surface area contributed by atoms with Crippen molar-refractivity contribution in [2.75, 3.05) is 21.3 Å². The molecule has 0 aliphatic carbocycles. The van der Waals surface area contributed by atoms with Crippen molar-refractivity contribution >= 4 is 28.7 Å². The van der Waals surface area contributed by atoms with Crippen LogP contribution in [0, 0.1) is 0 Å². The van der Waals surface area contributed by atoms with E-state index >= 15 is 0 Å². The number of fused-ring (bicyclic) bond motifs is 2. The summed E-state index contributed by atoms with van der Waals surface area (Å²) in [5, 5.41) is 0.993. The van der Waals surface area contributed by atoms with E-state index in [-0.39, 0.29) is 16.8 Å². The van der Waals surface area contributed by atoms with Crippen molar-refractivity contribution in [2.45, 2.75) is 0 Å². The first-order valence-electron chi connectivity index (χ1n) is 8.52. The summed E-state index contributed by atoms with van der Waals surface area (Å²) in [4.78, 5) is 45.4. The van der Waals surface area contributed by atoms with Gasteiger partial charge in [-0.1, -0.05) is 17.2 Å². The molecule has 1 aromatic heterocycles. The maximum Gasteiger partial charge on any atom is 0.380 e. The average Bonchev–Trinajstić information content (AvgIpc) is 3.29. The maximum absolute atomic E-state index is 12.7. The molecule has 1 N–H and O–H groups in total. The fraction of sp³-hybridized carbons (Fsp3) is 0.150. The SMILES string of the molecule is COc1cc(OC)c2cc(C(=O)ON3C(=O)c4ccccc4C3=O)[nH]c2c1OC. The van der Waals surface area contributed by atoms with Crippen molar-refractivity contribution in [2.24, 2.45) is 0 Å². The third-order valence-electron chi connectivity index (χ3n) is 4.59. The molecule has 0 saturated heterocycles. The van der Waals surface area contributed by atoms with Crippen LogP contribution < -0.4 is 14.2 Å². The lowest BCUT2D eigenvalue weighted by Crippen LogP contribution is -2.32. The summed E-state index contributed by atoms with van der Waals surface area (Å²) in [7, 11) is 4.41. The number of nitrogens with zero attached hydrogens (tertiary/aromatic N) is 1. The number of aromatic nitrogens is 1. The Morgan fingerprint density at radius 3 is 2.07 bits per heavy atom. The summed E-state index contributed by atoms with van der Waals surface area (Å²) in [6, 6.07) is 9.34. The van der Waals surface area contributed by atoms with Gasteiger partial charge in [0, 0.05) is 11.5 Å². The minimum atomic E-state index is -0.918. The number of methoxy groups -OCH3 is 3. The Balaban J connectivity index is 1.70. The molecule has 9 nitrogen and oxygen atoms in total. The van der Waals surface area contributed by atoms with Crippen LogP contribution in [0.4, 0.5) is 0 Å². The Bertz CT molecular complexity index is 1130. The summed E-state index contributed by atoms with van der Waals surface area (Å²) < 4.78 is 16.0. The lowest BCUT2D eigenvalue weighted by molar-refractivity contribution is -0.0587. The number of carbonyl (C=O) groups is 3. The molecule has 29 heavy (non-hydrogen) atoms. The van der Waals surface area contributed by atoms with Crippen LogP contribution >= 0.6 is 0 Å². The van der Waals surface area contributed by atoms with Gasteiger partial charge in [-0.05, 0) is 18.2 Å². The maximum atomic E-state index is 12.7. The predicted molar refractivity (Wildman–Crippen MR) is 100 cm³/mol. The number of hydroxylamine groups is 2. The van der Waals surface area contributed by atoms with Gasteiger partial charge in [-0.2, -0.15) is 0 Å². The molecular formula is C20H16N2O7. The van der Waals surface area contributed by atoms with Crippen LogP contribution in [0.5, 0.6) is 17.2 Å². The smallest absolute Gasteiger partial charge is 0.380 e. The van der Waals surface area contributed by atoms with Crippen LogP contribution in [-0.2, 0) is 4.84 Å². The highest BCUT2D eigenvalue weighted by Gasteiger charge is 2.39. The third kappa shape index (κ3) is 2.75. The van der Waals surface area contributed by atoms with Crippen molar-refractivity contribution in [1.82, 2.24) is 10.0 Å². The minimum absolute atomic E-state index is 0.00130. The van der Waals surface area contributed by atoms with Crippen LogP contribution in [-0.4, -0.2) is 49.2 Å². The largest absolute Gasteiger partial charge is 0.496 e. The molecule has 0 saturated carbocycles. The Morgan fingerprint density at radius 2 is 1.52 bits per heavy atom.